The highest BCUT2D eigenvalue weighted by atomic mass is 19.3. The van der Waals surface area contributed by atoms with E-state index in [4.69, 9.17) is 18.9 Å². The Morgan fingerprint density at radius 3 is 2.14 bits per heavy atom. The van der Waals surface area contributed by atoms with Gasteiger partial charge in [-0.05, 0) is 106 Å². The number of hydrogen-bond donors (Lipinski definition) is 0. The summed E-state index contributed by atoms with van der Waals surface area (Å²) in [5.41, 5.74) is 1.62. The molecule has 0 bridgehead atoms. The summed E-state index contributed by atoms with van der Waals surface area (Å²) in [5.74, 6) is -1.15. The molecule has 2 aliphatic carbocycles. The van der Waals surface area contributed by atoms with Gasteiger partial charge in [0.25, 0.3) is 0 Å². The molecule has 5 rings (SSSR count). The number of rotatable bonds is 12. The van der Waals surface area contributed by atoms with E-state index in [0.29, 0.717) is 36.2 Å². The second kappa shape index (κ2) is 15.3. The zero-order valence-electron chi connectivity index (χ0n) is 26.2. The zero-order chi connectivity index (χ0) is 31.1. The predicted molar refractivity (Wildman–Crippen MR) is 162 cm³/mol. The second-order valence-electron chi connectivity index (χ2n) is 13.0. The van der Waals surface area contributed by atoms with Gasteiger partial charge in [0.05, 0.1) is 25.7 Å². The zero-order valence-corrected chi connectivity index (χ0v) is 26.2. The third kappa shape index (κ3) is 8.28. The van der Waals surface area contributed by atoms with Gasteiger partial charge in [-0.15, -0.1) is 0 Å². The molecule has 4 nitrogen and oxygen atoms in total. The summed E-state index contributed by atoms with van der Waals surface area (Å²) in [5, 5.41) is 0. The van der Waals surface area contributed by atoms with E-state index in [1.807, 2.05) is 12.1 Å². The van der Waals surface area contributed by atoms with Crippen LogP contribution in [0.1, 0.15) is 114 Å². The van der Waals surface area contributed by atoms with Crippen LogP contribution >= 0.6 is 0 Å². The lowest BCUT2D eigenvalue weighted by molar-refractivity contribution is -0.229. The standard InChI is InChI=1S/C36H48F4O4/c1-3-5-6-7-24-22-42-35(43-23-24)27-10-8-25(9-11-27)28-14-18-31(32(37)20-28)26-12-15-29(16-13-26)36(39,40)44-30-17-19-34(41-4-2)33(38)21-30/h14,17-21,24-27,29,35H,3-13,15-16,22-23H2,1-2H3. The summed E-state index contributed by atoms with van der Waals surface area (Å²) in [7, 11) is 0. The van der Waals surface area contributed by atoms with Crippen molar-refractivity contribution in [2.24, 2.45) is 17.8 Å². The number of benzene rings is 2. The lowest BCUT2D eigenvalue weighted by Gasteiger charge is -2.38. The van der Waals surface area contributed by atoms with Crippen LogP contribution in [-0.4, -0.2) is 32.2 Å². The number of alkyl halides is 2. The van der Waals surface area contributed by atoms with Gasteiger partial charge in [-0.2, -0.15) is 8.78 Å². The van der Waals surface area contributed by atoms with E-state index in [1.54, 1.807) is 13.0 Å². The minimum absolute atomic E-state index is 0.000803. The Balaban J connectivity index is 1.08. The highest BCUT2D eigenvalue weighted by Crippen LogP contribution is 2.45. The first-order valence-electron chi connectivity index (χ1n) is 16.8. The van der Waals surface area contributed by atoms with Crippen LogP contribution in [0.5, 0.6) is 11.5 Å². The monoisotopic (exact) mass is 620 g/mol. The molecule has 8 heteroatoms. The fourth-order valence-electron chi connectivity index (χ4n) is 7.33. The van der Waals surface area contributed by atoms with Crippen molar-refractivity contribution in [2.45, 2.75) is 115 Å². The van der Waals surface area contributed by atoms with E-state index in [1.165, 1.54) is 37.8 Å². The van der Waals surface area contributed by atoms with E-state index < -0.39 is 17.8 Å². The van der Waals surface area contributed by atoms with Crippen molar-refractivity contribution in [3.05, 3.63) is 59.2 Å². The molecule has 2 saturated carbocycles. The molecule has 0 spiro atoms. The van der Waals surface area contributed by atoms with Crippen LogP contribution in [0.15, 0.2) is 36.4 Å². The Morgan fingerprint density at radius 2 is 1.50 bits per heavy atom. The molecule has 1 aliphatic heterocycles. The normalized spacial score (nSPS) is 28.0. The Bertz CT molecular complexity index is 1180. The molecule has 244 valence electrons. The average Bonchev–Trinajstić information content (AvgIpc) is 3.03. The molecule has 0 N–H and O–H groups in total. The summed E-state index contributed by atoms with van der Waals surface area (Å²) in [6.07, 6.45) is 6.59. The largest absolute Gasteiger partial charge is 0.491 e. The first kappa shape index (κ1) is 33.1. The molecule has 2 aromatic rings. The molecule has 1 heterocycles. The summed E-state index contributed by atoms with van der Waals surface area (Å²) < 4.78 is 81.8. The van der Waals surface area contributed by atoms with Crippen LogP contribution < -0.4 is 9.47 Å². The molecule has 0 atom stereocenters. The van der Waals surface area contributed by atoms with Gasteiger partial charge in [0.1, 0.15) is 11.6 Å². The van der Waals surface area contributed by atoms with Crippen LogP contribution in [-0.2, 0) is 9.47 Å². The molecular weight excluding hydrogens is 572 g/mol. The fourth-order valence-corrected chi connectivity index (χ4v) is 7.33. The van der Waals surface area contributed by atoms with Gasteiger partial charge in [-0.25, -0.2) is 8.78 Å². The van der Waals surface area contributed by atoms with Crippen molar-refractivity contribution in [2.75, 3.05) is 19.8 Å². The van der Waals surface area contributed by atoms with Crippen molar-refractivity contribution >= 4 is 0 Å². The molecule has 0 amide bonds. The van der Waals surface area contributed by atoms with Crippen molar-refractivity contribution in [1.29, 1.82) is 0 Å². The smallest absolute Gasteiger partial charge is 0.400 e. The number of ether oxygens (including phenoxy) is 4. The lowest BCUT2D eigenvalue weighted by atomic mass is 9.76. The molecule has 0 unspecified atom stereocenters. The van der Waals surface area contributed by atoms with Gasteiger partial charge < -0.3 is 18.9 Å². The average molecular weight is 621 g/mol. The number of hydrogen-bond acceptors (Lipinski definition) is 4. The molecule has 2 aromatic carbocycles. The Labute approximate surface area is 259 Å². The third-order valence-electron chi connectivity index (χ3n) is 9.96. The molecular formula is C36H48F4O4. The maximum Gasteiger partial charge on any atom is 0.400 e. The minimum atomic E-state index is -3.45. The van der Waals surface area contributed by atoms with Gasteiger partial charge in [0.15, 0.2) is 17.9 Å². The van der Waals surface area contributed by atoms with E-state index in [2.05, 4.69) is 6.92 Å². The fraction of sp³-hybridized carbons (Fsp3) is 0.667. The van der Waals surface area contributed by atoms with Crippen LogP contribution in [0.25, 0.3) is 0 Å². The van der Waals surface area contributed by atoms with E-state index in [0.717, 1.165) is 50.5 Å². The van der Waals surface area contributed by atoms with E-state index in [-0.39, 0.29) is 49.0 Å². The molecule has 1 saturated heterocycles. The molecule has 44 heavy (non-hydrogen) atoms. The maximum absolute atomic E-state index is 15.4. The van der Waals surface area contributed by atoms with E-state index >= 15 is 4.39 Å². The van der Waals surface area contributed by atoms with Gasteiger partial charge in [0.2, 0.25) is 0 Å². The highest BCUT2D eigenvalue weighted by molar-refractivity contribution is 5.33. The first-order valence-corrected chi connectivity index (χ1v) is 16.8. The second-order valence-corrected chi connectivity index (χ2v) is 13.0. The Kier molecular flexibility index (Phi) is 11.5. The topological polar surface area (TPSA) is 36.9 Å². The molecule has 0 radical (unpaired) electrons. The minimum Gasteiger partial charge on any atom is -0.491 e. The van der Waals surface area contributed by atoms with Gasteiger partial charge >= 0.3 is 6.11 Å². The molecule has 3 aliphatic rings. The van der Waals surface area contributed by atoms with Gasteiger partial charge in [0, 0.05) is 17.9 Å². The van der Waals surface area contributed by atoms with Crippen LogP contribution in [0, 0.1) is 29.4 Å². The summed E-state index contributed by atoms with van der Waals surface area (Å²) >= 11 is 0. The SMILES string of the molecule is CCCCCC1COC(C2CCC(c3ccc(C4CCC(C(F)(F)Oc5ccc(OCC)c(F)c5)CC4)c(F)c3)CC2)OC1. The van der Waals surface area contributed by atoms with Crippen molar-refractivity contribution in [3.63, 3.8) is 0 Å². The number of unbranched alkanes of at least 4 members (excludes halogenated alkanes) is 2. The van der Waals surface area contributed by atoms with Crippen LogP contribution in [0.2, 0.25) is 0 Å². The van der Waals surface area contributed by atoms with Crippen molar-refractivity contribution in [1.82, 2.24) is 0 Å². The van der Waals surface area contributed by atoms with Crippen molar-refractivity contribution < 1.29 is 36.5 Å². The highest BCUT2D eigenvalue weighted by Gasteiger charge is 2.44. The summed E-state index contributed by atoms with van der Waals surface area (Å²) in [6, 6.07) is 9.07. The summed E-state index contributed by atoms with van der Waals surface area (Å²) in [4.78, 5) is 0. The quantitative estimate of drug-likeness (QED) is 0.175. The third-order valence-corrected chi connectivity index (χ3v) is 9.96. The molecule has 0 aromatic heterocycles. The van der Waals surface area contributed by atoms with Crippen LogP contribution in [0.4, 0.5) is 17.6 Å². The number of halogens is 4. The maximum atomic E-state index is 15.4. The summed E-state index contributed by atoms with van der Waals surface area (Å²) in [6.45, 7) is 5.78. The molecule has 3 fully saturated rings. The lowest BCUT2D eigenvalue weighted by Crippen LogP contribution is -2.38. The van der Waals surface area contributed by atoms with Crippen molar-refractivity contribution in [3.8, 4) is 11.5 Å². The first-order chi connectivity index (χ1) is 21.3. The van der Waals surface area contributed by atoms with Crippen LogP contribution in [0.3, 0.4) is 0 Å². The Morgan fingerprint density at radius 1 is 0.795 bits per heavy atom. The Hall–Kier alpha value is -2.32. The van der Waals surface area contributed by atoms with E-state index in [9.17, 15) is 13.2 Å². The predicted octanol–water partition coefficient (Wildman–Crippen LogP) is 10.2. The van der Waals surface area contributed by atoms with Gasteiger partial charge in [-0.1, -0.05) is 38.3 Å². The van der Waals surface area contributed by atoms with Gasteiger partial charge in [-0.3, -0.25) is 0 Å².